The number of amides is 1. The minimum absolute atomic E-state index is 0. The lowest BCUT2D eigenvalue weighted by atomic mass is 9.84. The van der Waals surface area contributed by atoms with E-state index in [0.717, 1.165) is 32.4 Å². The molecule has 0 aromatic rings. The molecule has 0 aliphatic carbocycles. The molecule has 0 radical (unpaired) electrons. The van der Waals surface area contributed by atoms with Gasteiger partial charge < -0.3 is 15.0 Å². The molecule has 2 unspecified atom stereocenters. The highest BCUT2D eigenvalue weighted by Crippen LogP contribution is 2.26. The van der Waals surface area contributed by atoms with Crippen molar-refractivity contribution in [2.75, 3.05) is 44.9 Å². The lowest BCUT2D eigenvalue weighted by Gasteiger charge is -2.32. The molecule has 0 saturated carbocycles. The van der Waals surface area contributed by atoms with E-state index in [1.54, 1.807) is 7.11 Å². The van der Waals surface area contributed by atoms with Gasteiger partial charge in [-0.2, -0.15) is 0 Å². The number of nitrogens with zero attached hydrogens (tertiary/aromatic N) is 1. The average molecular weight is 397 g/mol. The van der Waals surface area contributed by atoms with Gasteiger partial charge in [-0.15, -0.1) is 12.4 Å². The predicted octanol–water partition coefficient (Wildman–Crippen LogP) is 1.49. The summed E-state index contributed by atoms with van der Waals surface area (Å²) in [4.78, 5) is 14.7. The molecule has 2 rings (SSSR count). The molecule has 8 heteroatoms. The van der Waals surface area contributed by atoms with E-state index < -0.39 is 9.84 Å². The van der Waals surface area contributed by atoms with Crippen molar-refractivity contribution in [1.82, 2.24) is 10.2 Å². The summed E-state index contributed by atoms with van der Waals surface area (Å²) in [5.41, 5.74) is 0. The van der Waals surface area contributed by atoms with Crippen LogP contribution < -0.4 is 5.32 Å². The van der Waals surface area contributed by atoms with Crippen LogP contribution in [0.2, 0.25) is 0 Å². The Kier molecular flexibility index (Phi) is 9.70. The van der Waals surface area contributed by atoms with Gasteiger partial charge in [-0.25, -0.2) is 8.42 Å². The fourth-order valence-corrected chi connectivity index (χ4v) is 5.61. The third-order valence-electron chi connectivity index (χ3n) is 5.40. The van der Waals surface area contributed by atoms with E-state index in [4.69, 9.17) is 4.74 Å². The van der Waals surface area contributed by atoms with E-state index in [-0.39, 0.29) is 35.9 Å². The van der Waals surface area contributed by atoms with Crippen LogP contribution in [0.5, 0.6) is 0 Å². The Balaban J connectivity index is 0.00000312. The van der Waals surface area contributed by atoms with Crippen molar-refractivity contribution < 1.29 is 17.9 Å². The molecule has 2 fully saturated rings. The first-order valence-electron chi connectivity index (χ1n) is 9.12. The monoisotopic (exact) mass is 396 g/mol. The second-order valence-corrected chi connectivity index (χ2v) is 9.49. The van der Waals surface area contributed by atoms with Crippen LogP contribution in [-0.4, -0.2) is 70.1 Å². The van der Waals surface area contributed by atoms with Gasteiger partial charge in [0.1, 0.15) is 0 Å². The highest BCUT2D eigenvalue weighted by Gasteiger charge is 2.35. The van der Waals surface area contributed by atoms with Gasteiger partial charge in [0.15, 0.2) is 9.84 Å². The standard InChI is InChI=1S/C17H32N2O4S.ClH/c1-14(15-4-7-18-8-5-15)12-17(20)19(9-3-10-23-2)16-6-11-24(21,22)13-16;/h14-16,18H,3-13H2,1-2H3;1H. The van der Waals surface area contributed by atoms with E-state index in [1.807, 2.05) is 4.90 Å². The highest BCUT2D eigenvalue weighted by molar-refractivity contribution is 7.91. The molecule has 1 N–H and O–H groups in total. The zero-order valence-corrected chi connectivity index (χ0v) is 17.0. The van der Waals surface area contributed by atoms with Crippen LogP contribution in [0.15, 0.2) is 0 Å². The van der Waals surface area contributed by atoms with Crippen molar-refractivity contribution in [2.45, 2.75) is 45.1 Å². The van der Waals surface area contributed by atoms with Crippen molar-refractivity contribution in [3.05, 3.63) is 0 Å². The quantitative estimate of drug-likeness (QED) is 0.629. The molecular formula is C17H33ClN2O4S. The fourth-order valence-electron chi connectivity index (χ4n) is 3.88. The van der Waals surface area contributed by atoms with Gasteiger partial charge in [0.2, 0.25) is 5.91 Å². The molecule has 148 valence electrons. The number of carbonyl (C=O) groups excluding carboxylic acids is 1. The third-order valence-corrected chi connectivity index (χ3v) is 7.15. The van der Waals surface area contributed by atoms with Crippen molar-refractivity contribution in [1.29, 1.82) is 0 Å². The number of carbonyl (C=O) groups is 1. The number of sulfone groups is 1. The minimum atomic E-state index is -2.99. The molecule has 0 spiro atoms. The summed E-state index contributed by atoms with van der Waals surface area (Å²) in [7, 11) is -1.34. The molecular weight excluding hydrogens is 364 g/mol. The van der Waals surface area contributed by atoms with E-state index in [0.29, 0.717) is 37.8 Å². The maximum atomic E-state index is 12.9. The molecule has 2 atom stereocenters. The molecule has 2 heterocycles. The molecule has 1 amide bonds. The highest BCUT2D eigenvalue weighted by atomic mass is 35.5. The van der Waals surface area contributed by atoms with Crippen molar-refractivity contribution in [3.8, 4) is 0 Å². The van der Waals surface area contributed by atoms with Gasteiger partial charge in [-0.1, -0.05) is 6.92 Å². The Morgan fingerprint density at radius 2 is 1.96 bits per heavy atom. The number of nitrogens with one attached hydrogen (secondary N) is 1. The Hall–Kier alpha value is -0.370. The Morgan fingerprint density at radius 3 is 2.52 bits per heavy atom. The number of piperidine rings is 1. The Labute approximate surface area is 158 Å². The summed E-state index contributed by atoms with van der Waals surface area (Å²) in [6, 6.07) is -0.153. The summed E-state index contributed by atoms with van der Waals surface area (Å²) in [5, 5.41) is 3.36. The second-order valence-electron chi connectivity index (χ2n) is 7.26. The van der Waals surface area contributed by atoms with E-state index in [2.05, 4.69) is 12.2 Å². The number of halogens is 1. The van der Waals surface area contributed by atoms with E-state index in [1.165, 1.54) is 0 Å². The van der Waals surface area contributed by atoms with Crippen molar-refractivity contribution in [2.24, 2.45) is 11.8 Å². The van der Waals surface area contributed by atoms with Gasteiger partial charge >= 0.3 is 0 Å². The molecule has 2 aliphatic heterocycles. The smallest absolute Gasteiger partial charge is 0.223 e. The number of hydrogen-bond acceptors (Lipinski definition) is 5. The van der Waals surface area contributed by atoms with Gasteiger partial charge in [0.05, 0.1) is 11.5 Å². The van der Waals surface area contributed by atoms with Crippen LogP contribution in [0.3, 0.4) is 0 Å². The zero-order chi connectivity index (χ0) is 17.6. The maximum absolute atomic E-state index is 12.9. The molecule has 2 aliphatic rings. The molecule has 0 aromatic heterocycles. The summed E-state index contributed by atoms with van der Waals surface area (Å²) < 4.78 is 28.7. The maximum Gasteiger partial charge on any atom is 0.223 e. The normalized spacial score (nSPS) is 24.5. The van der Waals surface area contributed by atoms with Crippen LogP contribution in [-0.2, 0) is 19.4 Å². The summed E-state index contributed by atoms with van der Waals surface area (Å²) in [6.45, 7) is 5.40. The summed E-state index contributed by atoms with van der Waals surface area (Å²) in [6.07, 6.45) is 4.09. The predicted molar refractivity (Wildman–Crippen MR) is 102 cm³/mol. The number of hydrogen-bond donors (Lipinski definition) is 1. The molecule has 2 saturated heterocycles. The molecule has 0 aromatic carbocycles. The average Bonchev–Trinajstić information content (AvgIpc) is 2.92. The lowest BCUT2D eigenvalue weighted by Crippen LogP contribution is -2.43. The summed E-state index contributed by atoms with van der Waals surface area (Å²) in [5.74, 6) is 1.37. The number of ether oxygens (including phenoxy) is 1. The van der Waals surface area contributed by atoms with Gasteiger partial charge in [0.25, 0.3) is 0 Å². The van der Waals surface area contributed by atoms with Crippen molar-refractivity contribution in [3.63, 3.8) is 0 Å². The molecule has 25 heavy (non-hydrogen) atoms. The van der Waals surface area contributed by atoms with Crippen LogP contribution in [0.25, 0.3) is 0 Å². The molecule has 0 bridgehead atoms. The number of methoxy groups -OCH3 is 1. The molecule has 6 nitrogen and oxygen atoms in total. The Bertz CT molecular complexity index is 509. The SMILES string of the molecule is COCCCN(C(=O)CC(C)C1CCNCC1)C1CCS(=O)(=O)C1.Cl. The van der Waals surface area contributed by atoms with Crippen molar-refractivity contribution >= 4 is 28.2 Å². The second kappa shape index (κ2) is 10.7. The largest absolute Gasteiger partial charge is 0.385 e. The van der Waals surface area contributed by atoms with Gasteiger partial charge in [-0.3, -0.25) is 4.79 Å². The zero-order valence-electron chi connectivity index (χ0n) is 15.4. The van der Waals surface area contributed by atoms with Crippen LogP contribution in [0.1, 0.15) is 39.0 Å². The van der Waals surface area contributed by atoms with Gasteiger partial charge in [-0.05, 0) is 50.6 Å². The fraction of sp³-hybridized carbons (Fsp3) is 0.941. The Morgan fingerprint density at radius 1 is 1.28 bits per heavy atom. The third kappa shape index (κ3) is 7.04. The number of rotatable bonds is 8. The van der Waals surface area contributed by atoms with Crippen LogP contribution in [0, 0.1) is 11.8 Å². The lowest BCUT2D eigenvalue weighted by molar-refractivity contribution is -0.134. The minimum Gasteiger partial charge on any atom is -0.385 e. The summed E-state index contributed by atoms with van der Waals surface area (Å²) >= 11 is 0. The van der Waals surface area contributed by atoms with Gasteiger partial charge in [0, 0.05) is 32.7 Å². The van der Waals surface area contributed by atoms with E-state index >= 15 is 0 Å². The topological polar surface area (TPSA) is 75.7 Å². The first kappa shape index (κ1) is 22.7. The van der Waals surface area contributed by atoms with E-state index in [9.17, 15) is 13.2 Å². The first-order chi connectivity index (χ1) is 11.4. The first-order valence-corrected chi connectivity index (χ1v) is 10.9. The van der Waals surface area contributed by atoms with Crippen LogP contribution >= 0.6 is 12.4 Å². The van der Waals surface area contributed by atoms with Crippen LogP contribution in [0.4, 0.5) is 0 Å².